The molecule has 1 atom stereocenters. The van der Waals surface area contributed by atoms with E-state index in [0.717, 1.165) is 11.9 Å². The largest absolute Gasteiger partial charge is 0.361 e. The summed E-state index contributed by atoms with van der Waals surface area (Å²) in [6.07, 6.45) is 2.80. The molecule has 4 heteroatoms. The molecule has 1 heterocycles. The monoisotopic (exact) mass is 231 g/mol. The number of benzene rings is 1. The highest BCUT2D eigenvalue weighted by Crippen LogP contribution is 2.18. The lowest BCUT2D eigenvalue weighted by Gasteiger charge is -2.12. The molecule has 4 nitrogen and oxygen atoms in total. The van der Waals surface area contributed by atoms with Crippen molar-refractivity contribution in [2.24, 2.45) is 5.73 Å². The van der Waals surface area contributed by atoms with Crippen molar-refractivity contribution in [3.63, 3.8) is 0 Å². The van der Waals surface area contributed by atoms with Gasteiger partial charge in [-0.05, 0) is 25.0 Å². The summed E-state index contributed by atoms with van der Waals surface area (Å²) in [7, 11) is 0. The second-order valence-electron chi connectivity index (χ2n) is 4.24. The number of H-pyrrole nitrogens is 1. The van der Waals surface area contributed by atoms with Gasteiger partial charge in [0.1, 0.15) is 0 Å². The van der Waals surface area contributed by atoms with E-state index in [9.17, 15) is 4.79 Å². The molecule has 0 fully saturated rings. The van der Waals surface area contributed by atoms with Gasteiger partial charge in [0.2, 0.25) is 5.91 Å². The van der Waals surface area contributed by atoms with E-state index in [2.05, 4.69) is 16.4 Å². The van der Waals surface area contributed by atoms with Crippen molar-refractivity contribution in [3.8, 4) is 0 Å². The minimum Gasteiger partial charge on any atom is -0.361 e. The fraction of sp³-hybridized carbons (Fsp3) is 0.308. The number of rotatable bonds is 4. The van der Waals surface area contributed by atoms with Gasteiger partial charge in [-0.15, -0.1) is 0 Å². The molecule has 0 spiro atoms. The molecule has 90 valence electrons. The number of aromatic nitrogens is 1. The number of carbonyl (C=O) groups is 1. The Kier molecular flexibility index (Phi) is 3.44. The maximum atomic E-state index is 11.2. The number of aromatic amines is 1. The lowest BCUT2D eigenvalue weighted by atomic mass is 10.1. The summed E-state index contributed by atoms with van der Waals surface area (Å²) in [4.78, 5) is 14.4. The first-order valence-electron chi connectivity index (χ1n) is 5.75. The molecule has 0 aliphatic rings. The van der Waals surface area contributed by atoms with E-state index in [0.29, 0.717) is 0 Å². The van der Waals surface area contributed by atoms with Gasteiger partial charge in [-0.3, -0.25) is 4.79 Å². The quantitative estimate of drug-likeness (QED) is 0.739. The molecule has 0 radical (unpaired) electrons. The highest BCUT2D eigenvalue weighted by atomic mass is 16.1. The van der Waals surface area contributed by atoms with Crippen molar-refractivity contribution < 1.29 is 4.79 Å². The Morgan fingerprint density at radius 2 is 2.24 bits per heavy atom. The average Bonchev–Trinajstić information content (AvgIpc) is 2.72. The number of hydrogen-bond donors (Lipinski definition) is 3. The zero-order valence-corrected chi connectivity index (χ0v) is 9.86. The standard InChI is InChI=1S/C13H17N3O/c1-9(16-13(17)7-14)6-10-8-15-12-5-3-2-4-11(10)12/h2-5,8-9,15H,6-7,14H2,1H3,(H,16,17)/t9-/m1/s1. The molecular weight excluding hydrogens is 214 g/mol. The lowest BCUT2D eigenvalue weighted by molar-refractivity contribution is -0.120. The van der Waals surface area contributed by atoms with Gasteiger partial charge < -0.3 is 16.0 Å². The van der Waals surface area contributed by atoms with Crippen LogP contribution in [0.3, 0.4) is 0 Å². The van der Waals surface area contributed by atoms with Crippen molar-refractivity contribution in [2.75, 3.05) is 6.54 Å². The molecule has 1 aromatic heterocycles. The fourth-order valence-electron chi connectivity index (χ4n) is 2.02. The Hall–Kier alpha value is -1.81. The Morgan fingerprint density at radius 3 is 3.00 bits per heavy atom. The smallest absolute Gasteiger partial charge is 0.233 e. The van der Waals surface area contributed by atoms with Gasteiger partial charge in [0.15, 0.2) is 0 Å². The van der Waals surface area contributed by atoms with Crippen LogP contribution in [0.15, 0.2) is 30.5 Å². The molecule has 0 aliphatic carbocycles. The highest BCUT2D eigenvalue weighted by Gasteiger charge is 2.09. The Balaban J connectivity index is 2.10. The Bertz CT molecular complexity index is 518. The summed E-state index contributed by atoms with van der Waals surface area (Å²) in [5.74, 6) is -0.114. The predicted molar refractivity (Wildman–Crippen MR) is 68.7 cm³/mol. The van der Waals surface area contributed by atoms with Gasteiger partial charge >= 0.3 is 0 Å². The fourth-order valence-corrected chi connectivity index (χ4v) is 2.02. The van der Waals surface area contributed by atoms with Crippen LogP contribution < -0.4 is 11.1 Å². The topological polar surface area (TPSA) is 70.9 Å². The van der Waals surface area contributed by atoms with Gasteiger partial charge in [0, 0.05) is 23.1 Å². The van der Waals surface area contributed by atoms with E-state index in [1.807, 2.05) is 31.3 Å². The Morgan fingerprint density at radius 1 is 1.47 bits per heavy atom. The van der Waals surface area contributed by atoms with Crippen LogP contribution in [0, 0.1) is 0 Å². The number of nitrogens with two attached hydrogens (primary N) is 1. The molecule has 1 amide bonds. The van der Waals surface area contributed by atoms with Gasteiger partial charge in [-0.1, -0.05) is 18.2 Å². The maximum Gasteiger partial charge on any atom is 0.233 e. The van der Waals surface area contributed by atoms with Crippen LogP contribution in [0.25, 0.3) is 10.9 Å². The van der Waals surface area contributed by atoms with E-state index in [1.165, 1.54) is 10.9 Å². The zero-order valence-electron chi connectivity index (χ0n) is 9.86. The van der Waals surface area contributed by atoms with Gasteiger partial charge in [-0.25, -0.2) is 0 Å². The minimum absolute atomic E-state index is 0.0399. The molecule has 0 bridgehead atoms. The third-order valence-electron chi connectivity index (χ3n) is 2.79. The molecule has 0 saturated carbocycles. The van der Waals surface area contributed by atoms with Crippen molar-refractivity contribution in [1.29, 1.82) is 0 Å². The summed E-state index contributed by atoms with van der Waals surface area (Å²) in [6.45, 7) is 2.02. The summed E-state index contributed by atoms with van der Waals surface area (Å²) in [5, 5.41) is 4.06. The van der Waals surface area contributed by atoms with Crippen LogP contribution in [-0.4, -0.2) is 23.5 Å². The zero-order chi connectivity index (χ0) is 12.3. The third-order valence-corrected chi connectivity index (χ3v) is 2.79. The summed E-state index contributed by atoms with van der Waals surface area (Å²) >= 11 is 0. The summed E-state index contributed by atoms with van der Waals surface area (Å²) in [6, 6.07) is 8.23. The van der Waals surface area contributed by atoms with Crippen LogP contribution in [0.1, 0.15) is 12.5 Å². The molecule has 0 unspecified atom stereocenters. The molecule has 2 aromatic rings. The van der Waals surface area contributed by atoms with E-state index in [4.69, 9.17) is 5.73 Å². The molecule has 1 aromatic carbocycles. The van der Waals surface area contributed by atoms with Gasteiger partial charge in [-0.2, -0.15) is 0 Å². The number of fused-ring (bicyclic) bond motifs is 1. The average molecular weight is 231 g/mol. The van der Waals surface area contributed by atoms with Crippen LogP contribution in [-0.2, 0) is 11.2 Å². The first-order valence-corrected chi connectivity index (χ1v) is 5.75. The van der Waals surface area contributed by atoms with Crippen molar-refractivity contribution in [2.45, 2.75) is 19.4 Å². The predicted octanol–water partition coefficient (Wildman–Crippen LogP) is 1.17. The Labute approximate surface area is 100 Å². The van der Waals surface area contributed by atoms with Crippen molar-refractivity contribution >= 4 is 16.8 Å². The SMILES string of the molecule is C[C@H](Cc1c[nH]c2ccccc12)NC(=O)CN. The van der Waals surface area contributed by atoms with E-state index in [1.54, 1.807) is 0 Å². The van der Waals surface area contributed by atoms with Crippen LogP contribution in [0.4, 0.5) is 0 Å². The molecule has 2 rings (SSSR count). The van der Waals surface area contributed by atoms with Crippen LogP contribution in [0.5, 0.6) is 0 Å². The van der Waals surface area contributed by atoms with E-state index in [-0.39, 0.29) is 18.5 Å². The molecule has 0 saturated heterocycles. The van der Waals surface area contributed by atoms with Crippen molar-refractivity contribution in [3.05, 3.63) is 36.0 Å². The summed E-state index contributed by atoms with van der Waals surface area (Å²) < 4.78 is 0. The first kappa shape index (κ1) is 11.7. The van der Waals surface area contributed by atoms with E-state index < -0.39 is 0 Å². The number of carbonyl (C=O) groups excluding carboxylic acids is 1. The number of amides is 1. The molecule has 4 N–H and O–H groups in total. The third kappa shape index (κ3) is 2.65. The van der Waals surface area contributed by atoms with Gasteiger partial charge in [0.25, 0.3) is 0 Å². The highest BCUT2D eigenvalue weighted by molar-refractivity contribution is 5.83. The molecular formula is C13H17N3O. The normalized spacial score (nSPS) is 12.6. The molecule has 0 aliphatic heterocycles. The maximum absolute atomic E-state index is 11.2. The second-order valence-corrected chi connectivity index (χ2v) is 4.24. The molecule has 17 heavy (non-hydrogen) atoms. The second kappa shape index (κ2) is 5.01. The minimum atomic E-state index is -0.114. The van der Waals surface area contributed by atoms with Crippen LogP contribution in [0.2, 0.25) is 0 Å². The number of para-hydroxylation sites is 1. The van der Waals surface area contributed by atoms with Gasteiger partial charge in [0.05, 0.1) is 6.54 Å². The first-order chi connectivity index (χ1) is 8.20. The lowest BCUT2D eigenvalue weighted by Crippen LogP contribution is -2.38. The summed E-state index contributed by atoms with van der Waals surface area (Å²) in [5.41, 5.74) is 7.60. The van der Waals surface area contributed by atoms with Crippen molar-refractivity contribution in [1.82, 2.24) is 10.3 Å². The van der Waals surface area contributed by atoms with Crippen LogP contribution >= 0.6 is 0 Å². The number of hydrogen-bond acceptors (Lipinski definition) is 2. The number of nitrogens with one attached hydrogen (secondary N) is 2. The van der Waals surface area contributed by atoms with E-state index >= 15 is 0 Å².